The smallest absolute Gasteiger partial charge is 0.312 e. The lowest BCUT2D eigenvalue weighted by molar-refractivity contribution is -0.117. The third-order valence-corrected chi connectivity index (χ3v) is 4.42. The molecule has 0 aliphatic carbocycles. The summed E-state index contributed by atoms with van der Waals surface area (Å²) in [5.41, 5.74) is 1.55. The number of carbonyl (C=O) groups is 1. The van der Waals surface area contributed by atoms with Crippen LogP contribution in [0.1, 0.15) is 6.42 Å². The molecule has 1 fully saturated rings. The predicted octanol–water partition coefficient (Wildman–Crippen LogP) is -0.502. The van der Waals surface area contributed by atoms with Gasteiger partial charge in [-0.1, -0.05) is 0 Å². The number of nitrogens with one attached hydrogen (secondary N) is 2. The summed E-state index contributed by atoms with van der Waals surface area (Å²) in [6, 6.07) is 5.09. The van der Waals surface area contributed by atoms with Gasteiger partial charge in [-0.05, 0) is 18.2 Å². The molecule has 1 aliphatic heterocycles. The highest BCUT2D eigenvalue weighted by atomic mass is 32.2. The van der Waals surface area contributed by atoms with Gasteiger partial charge in [-0.3, -0.25) is 4.79 Å². The number of imidazole rings is 1. The molecule has 9 heteroatoms. The molecule has 1 unspecified atom stereocenters. The van der Waals surface area contributed by atoms with E-state index in [-0.39, 0.29) is 29.7 Å². The van der Waals surface area contributed by atoms with Gasteiger partial charge in [-0.15, -0.1) is 0 Å². The molecular formula is C12H14N4O4S. The molecule has 1 aromatic heterocycles. The minimum absolute atomic E-state index is 0.151. The molecule has 0 bridgehead atoms. The number of sulfonamides is 1. The van der Waals surface area contributed by atoms with Crippen LogP contribution in [0.15, 0.2) is 23.0 Å². The number of aromatic amines is 2. The molecule has 8 nitrogen and oxygen atoms in total. The van der Waals surface area contributed by atoms with Crippen LogP contribution in [0.4, 0.5) is 5.69 Å². The van der Waals surface area contributed by atoms with Crippen molar-refractivity contribution in [2.75, 3.05) is 17.2 Å². The third-order valence-electron chi connectivity index (χ3n) is 3.48. The molecule has 4 N–H and O–H groups in total. The van der Waals surface area contributed by atoms with E-state index < -0.39 is 10.0 Å². The van der Waals surface area contributed by atoms with Crippen LogP contribution in [0.25, 0.3) is 11.0 Å². The molecule has 1 aromatic carbocycles. The predicted molar refractivity (Wildman–Crippen MR) is 77.4 cm³/mol. The number of hydrogen-bond acceptors (Lipinski definition) is 4. The lowest BCUT2D eigenvalue weighted by Gasteiger charge is -2.16. The number of hydrogen-bond donors (Lipinski definition) is 3. The van der Waals surface area contributed by atoms with Crippen molar-refractivity contribution in [3.05, 3.63) is 28.7 Å². The number of primary sulfonamides is 1. The maximum Gasteiger partial charge on any atom is 0.323 e. The number of fused-ring (bicyclic) bond motifs is 1. The summed E-state index contributed by atoms with van der Waals surface area (Å²) in [6.45, 7) is 0.301. The molecule has 1 atom stereocenters. The zero-order valence-corrected chi connectivity index (χ0v) is 11.8. The fraction of sp³-hybridized carbons (Fsp3) is 0.333. The number of nitrogens with two attached hydrogens (primary N) is 1. The third kappa shape index (κ3) is 2.83. The van der Waals surface area contributed by atoms with E-state index in [1.165, 1.54) is 4.90 Å². The first-order chi connectivity index (χ1) is 9.82. The number of amides is 1. The minimum atomic E-state index is -3.60. The van der Waals surface area contributed by atoms with Crippen LogP contribution in [0, 0.1) is 5.92 Å². The Morgan fingerprint density at radius 3 is 2.67 bits per heavy atom. The number of benzene rings is 1. The Hall–Kier alpha value is -2.13. The van der Waals surface area contributed by atoms with Gasteiger partial charge in [0.2, 0.25) is 15.9 Å². The molecule has 0 radical (unpaired) electrons. The topological polar surface area (TPSA) is 129 Å². The van der Waals surface area contributed by atoms with Gasteiger partial charge in [0.1, 0.15) is 0 Å². The summed E-state index contributed by atoms with van der Waals surface area (Å²) in [5.74, 6) is -0.673. The van der Waals surface area contributed by atoms with Crippen LogP contribution >= 0.6 is 0 Å². The summed E-state index contributed by atoms with van der Waals surface area (Å²) in [4.78, 5) is 30.0. The maximum absolute atomic E-state index is 12.0. The van der Waals surface area contributed by atoms with Crippen LogP contribution < -0.4 is 15.7 Å². The molecule has 0 spiro atoms. The van der Waals surface area contributed by atoms with E-state index in [0.717, 1.165) is 0 Å². The average Bonchev–Trinajstić information content (AvgIpc) is 2.88. The number of anilines is 1. The van der Waals surface area contributed by atoms with Crippen LogP contribution in [0.5, 0.6) is 0 Å². The quantitative estimate of drug-likeness (QED) is 0.705. The van der Waals surface area contributed by atoms with Gasteiger partial charge in [-0.25, -0.2) is 18.4 Å². The zero-order chi connectivity index (χ0) is 15.2. The molecule has 1 saturated heterocycles. The summed E-state index contributed by atoms with van der Waals surface area (Å²) in [5, 5.41) is 5.02. The van der Waals surface area contributed by atoms with E-state index in [0.29, 0.717) is 23.3 Å². The molecule has 3 rings (SSSR count). The first-order valence-corrected chi connectivity index (χ1v) is 8.06. The highest BCUT2D eigenvalue weighted by Gasteiger charge is 2.32. The van der Waals surface area contributed by atoms with Crippen molar-refractivity contribution in [1.82, 2.24) is 9.97 Å². The van der Waals surface area contributed by atoms with E-state index in [1.54, 1.807) is 18.2 Å². The van der Waals surface area contributed by atoms with Crippen molar-refractivity contribution in [1.29, 1.82) is 0 Å². The molecule has 2 aromatic rings. The van der Waals surface area contributed by atoms with Crippen molar-refractivity contribution in [3.63, 3.8) is 0 Å². The maximum atomic E-state index is 12.0. The molecule has 21 heavy (non-hydrogen) atoms. The van der Waals surface area contributed by atoms with Gasteiger partial charge in [-0.2, -0.15) is 0 Å². The second-order valence-corrected chi connectivity index (χ2v) is 6.87. The Morgan fingerprint density at radius 1 is 1.24 bits per heavy atom. The Bertz CT molecular complexity index is 867. The summed E-state index contributed by atoms with van der Waals surface area (Å²) >= 11 is 0. The van der Waals surface area contributed by atoms with Crippen LogP contribution in [0.2, 0.25) is 0 Å². The van der Waals surface area contributed by atoms with Crippen molar-refractivity contribution in [3.8, 4) is 0 Å². The Morgan fingerprint density at radius 2 is 1.95 bits per heavy atom. The second kappa shape index (κ2) is 4.71. The van der Waals surface area contributed by atoms with Crippen molar-refractivity contribution in [2.45, 2.75) is 6.42 Å². The summed E-state index contributed by atoms with van der Waals surface area (Å²) in [7, 11) is -3.60. The van der Waals surface area contributed by atoms with E-state index in [9.17, 15) is 18.0 Å². The minimum Gasteiger partial charge on any atom is -0.312 e. The monoisotopic (exact) mass is 310 g/mol. The molecule has 2 heterocycles. The highest BCUT2D eigenvalue weighted by Crippen LogP contribution is 2.27. The number of H-pyrrole nitrogens is 2. The fourth-order valence-electron chi connectivity index (χ4n) is 2.66. The lowest BCUT2D eigenvalue weighted by atomic mass is 10.1. The SMILES string of the molecule is NS(=O)(=O)CC1CC(=O)N(c2ccc3[nH]c(=O)[nH]c3c2)C1. The van der Waals surface area contributed by atoms with Crippen molar-refractivity contribution in [2.24, 2.45) is 11.1 Å². The second-order valence-electron chi connectivity index (χ2n) is 5.21. The van der Waals surface area contributed by atoms with Crippen LogP contribution in [0.3, 0.4) is 0 Å². The van der Waals surface area contributed by atoms with Crippen LogP contribution in [-0.4, -0.2) is 36.6 Å². The van der Waals surface area contributed by atoms with Gasteiger partial charge in [0.15, 0.2) is 0 Å². The number of aromatic nitrogens is 2. The highest BCUT2D eigenvalue weighted by molar-refractivity contribution is 7.89. The molecule has 1 amide bonds. The number of rotatable bonds is 3. The number of carbonyl (C=O) groups excluding carboxylic acids is 1. The zero-order valence-electron chi connectivity index (χ0n) is 11.0. The Labute approximate surface area is 120 Å². The van der Waals surface area contributed by atoms with Crippen molar-refractivity contribution >= 4 is 32.7 Å². The van der Waals surface area contributed by atoms with Crippen LogP contribution in [-0.2, 0) is 14.8 Å². The molecule has 0 saturated carbocycles. The Kier molecular flexibility index (Phi) is 3.10. The molecular weight excluding hydrogens is 296 g/mol. The first-order valence-electron chi connectivity index (χ1n) is 6.35. The van der Waals surface area contributed by atoms with E-state index in [2.05, 4.69) is 9.97 Å². The van der Waals surface area contributed by atoms with E-state index in [1.807, 2.05) is 0 Å². The van der Waals surface area contributed by atoms with E-state index >= 15 is 0 Å². The van der Waals surface area contributed by atoms with Gasteiger partial charge >= 0.3 is 5.69 Å². The molecule has 1 aliphatic rings. The number of nitrogens with zero attached hydrogens (tertiary/aromatic N) is 1. The lowest BCUT2D eigenvalue weighted by Crippen LogP contribution is -2.27. The largest absolute Gasteiger partial charge is 0.323 e. The fourth-order valence-corrected chi connectivity index (χ4v) is 3.54. The summed E-state index contributed by atoms with van der Waals surface area (Å²) in [6.07, 6.45) is 0.151. The van der Waals surface area contributed by atoms with E-state index in [4.69, 9.17) is 5.14 Å². The van der Waals surface area contributed by atoms with Gasteiger partial charge in [0.25, 0.3) is 0 Å². The van der Waals surface area contributed by atoms with Gasteiger partial charge in [0, 0.05) is 24.6 Å². The summed E-state index contributed by atoms with van der Waals surface area (Å²) < 4.78 is 22.2. The normalized spacial score (nSPS) is 19.6. The van der Waals surface area contributed by atoms with Gasteiger partial charge in [0.05, 0.1) is 16.8 Å². The van der Waals surface area contributed by atoms with Crippen molar-refractivity contribution < 1.29 is 13.2 Å². The average molecular weight is 310 g/mol. The standard InChI is InChI=1S/C12H14N4O4S/c13-21(19,20)6-7-3-11(17)16(5-7)8-1-2-9-10(4-8)15-12(18)14-9/h1-2,4,7H,3,5-6H2,(H2,13,19,20)(H2,14,15,18). The first kappa shape index (κ1) is 13.8. The molecule has 112 valence electrons. The van der Waals surface area contributed by atoms with Gasteiger partial charge < -0.3 is 14.9 Å². The Balaban J connectivity index is 1.88.